The number of rotatable bonds is 4. The first-order valence-electron chi connectivity index (χ1n) is 10.1. The lowest BCUT2D eigenvalue weighted by Crippen LogP contribution is -2.61. The van der Waals surface area contributed by atoms with Crippen LogP contribution < -0.4 is 5.32 Å². The predicted molar refractivity (Wildman–Crippen MR) is 105 cm³/mol. The molecule has 0 bridgehead atoms. The summed E-state index contributed by atoms with van der Waals surface area (Å²) in [7, 11) is 0. The minimum absolute atomic E-state index is 0.0204. The van der Waals surface area contributed by atoms with Crippen LogP contribution >= 0.6 is 11.8 Å². The lowest BCUT2D eigenvalue weighted by Gasteiger charge is -2.51. The van der Waals surface area contributed by atoms with Crippen LogP contribution in [0.15, 0.2) is 0 Å². The second-order valence-electron chi connectivity index (χ2n) is 9.37. The predicted octanol–water partition coefficient (Wildman–Crippen LogP) is 4.57. The van der Waals surface area contributed by atoms with Crippen molar-refractivity contribution in [2.75, 3.05) is 19.3 Å². The first kappa shape index (κ1) is 19.3. The van der Waals surface area contributed by atoms with Crippen LogP contribution in [0.3, 0.4) is 0 Å². The van der Waals surface area contributed by atoms with Gasteiger partial charge in [-0.05, 0) is 65.6 Å². The van der Waals surface area contributed by atoms with E-state index in [1.54, 1.807) is 0 Å². The SMILES string of the molecule is CSC1(CNC2CCN(C(=O)OC(C)(C)C)C3(CCCCC3)C2)CC1. The molecule has 1 spiro atoms. The molecule has 1 unspecified atom stereocenters. The van der Waals surface area contributed by atoms with Gasteiger partial charge in [0.05, 0.1) is 0 Å². The van der Waals surface area contributed by atoms with E-state index < -0.39 is 5.60 Å². The molecule has 0 aromatic carbocycles. The Hall–Kier alpha value is -0.420. The second-order valence-corrected chi connectivity index (χ2v) is 10.6. The number of amides is 1. The molecular formula is C20H36N2O2S. The number of ether oxygens (including phenoxy) is 1. The van der Waals surface area contributed by atoms with Gasteiger partial charge in [0.1, 0.15) is 5.60 Å². The van der Waals surface area contributed by atoms with Crippen LogP contribution in [0, 0.1) is 0 Å². The van der Waals surface area contributed by atoms with Crippen molar-refractivity contribution in [3.8, 4) is 0 Å². The van der Waals surface area contributed by atoms with Crippen LogP contribution in [0.1, 0.15) is 78.6 Å². The molecule has 1 aliphatic heterocycles. The summed E-state index contributed by atoms with van der Waals surface area (Å²) in [6, 6.07) is 0.543. The molecule has 144 valence electrons. The van der Waals surface area contributed by atoms with Gasteiger partial charge in [-0.15, -0.1) is 0 Å². The Morgan fingerprint density at radius 3 is 2.44 bits per heavy atom. The maximum Gasteiger partial charge on any atom is 0.410 e. The third kappa shape index (κ3) is 4.65. The third-order valence-electron chi connectivity index (χ3n) is 6.25. The molecule has 25 heavy (non-hydrogen) atoms. The van der Waals surface area contributed by atoms with E-state index in [2.05, 4.69) is 16.5 Å². The highest BCUT2D eigenvalue weighted by Crippen LogP contribution is 2.47. The van der Waals surface area contributed by atoms with Crippen molar-refractivity contribution in [3.63, 3.8) is 0 Å². The van der Waals surface area contributed by atoms with Crippen LogP contribution in [0.2, 0.25) is 0 Å². The minimum Gasteiger partial charge on any atom is -0.444 e. The number of carbonyl (C=O) groups excluding carboxylic acids is 1. The largest absolute Gasteiger partial charge is 0.444 e. The van der Waals surface area contributed by atoms with Gasteiger partial charge in [-0.25, -0.2) is 4.79 Å². The van der Waals surface area contributed by atoms with Gasteiger partial charge in [-0.2, -0.15) is 11.8 Å². The fourth-order valence-corrected chi connectivity index (χ4v) is 5.31. The normalized spacial score (nSPS) is 28.0. The quantitative estimate of drug-likeness (QED) is 0.789. The zero-order valence-electron chi connectivity index (χ0n) is 16.5. The number of hydrogen-bond donors (Lipinski definition) is 1. The van der Waals surface area contributed by atoms with Crippen molar-refractivity contribution in [3.05, 3.63) is 0 Å². The van der Waals surface area contributed by atoms with Gasteiger partial charge in [-0.3, -0.25) is 0 Å². The Bertz CT molecular complexity index is 479. The molecule has 1 saturated heterocycles. The Morgan fingerprint density at radius 2 is 1.88 bits per heavy atom. The summed E-state index contributed by atoms with van der Waals surface area (Å²) in [4.78, 5) is 14.9. The maximum atomic E-state index is 12.8. The van der Waals surface area contributed by atoms with E-state index in [4.69, 9.17) is 4.74 Å². The van der Waals surface area contributed by atoms with E-state index in [1.165, 1.54) is 32.1 Å². The highest BCUT2D eigenvalue weighted by molar-refractivity contribution is 8.00. The molecule has 3 aliphatic rings. The third-order valence-corrected chi connectivity index (χ3v) is 7.67. The fraction of sp³-hybridized carbons (Fsp3) is 0.950. The summed E-state index contributed by atoms with van der Waals surface area (Å²) >= 11 is 2.02. The van der Waals surface area contributed by atoms with Gasteiger partial charge < -0.3 is 15.0 Å². The molecule has 3 rings (SSSR count). The number of thioether (sulfide) groups is 1. The maximum absolute atomic E-state index is 12.8. The molecule has 1 amide bonds. The van der Waals surface area contributed by atoms with Crippen LogP contribution in [0.4, 0.5) is 4.79 Å². The van der Waals surface area contributed by atoms with Crippen molar-refractivity contribution < 1.29 is 9.53 Å². The molecule has 2 saturated carbocycles. The Balaban J connectivity index is 1.65. The van der Waals surface area contributed by atoms with Crippen LogP contribution in [0.25, 0.3) is 0 Å². The lowest BCUT2D eigenvalue weighted by atomic mass is 9.73. The van der Waals surface area contributed by atoms with Gasteiger partial charge in [-0.1, -0.05) is 19.3 Å². The molecule has 2 aliphatic carbocycles. The number of carbonyl (C=O) groups is 1. The molecule has 0 aromatic heterocycles. The average Bonchev–Trinajstić information content (AvgIpc) is 3.33. The molecule has 5 heteroatoms. The first-order valence-corrected chi connectivity index (χ1v) is 11.3. The number of piperidine rings is 1. The molecule has 4 nitrogen and oxygen atoms in total. The minimum atomic E-state index is -0.418. The van der Waals surface area contributed by atoms with Crippen molar-refractivity contribution in [1.29, 1.82) is 0 Å². The standard InChI is InChI=1S/C20H36N2O2S/c1-18(2,3)24-17(23)22-13-8-16(21-15-20(25-4)11-12-20)14-19(22)9-6-5-7-10-19/h16,21H,5-15H2,1-4H3. The van der Waals surface area contributed by atoms with Gasteiger partial charge in [0.2, 0.25) is 0 Å². The molecular weight excluding hydrogens is 332 g/mol. The zero-order valence-corrected chi connectivity index (χ0v) is 17.3. The summed E-state index contributed by atoms with van der Waals surface area (Å²) in [6.45, 7) is 7.85. The van der Waals surface area contributed by atoms with Crippen LogP contribution in [-0.2, 0) is 4.74 Å². The second kappa shape index (κ2) is 7.30. The topological polar surface area (TPSA) is 41.6 Å². The van der Waals surface area contributed by atoms with Gasteiger partial charge in [0.15, 0.2) is 0 Å². The Kier molecular flexibility index (Phi) is 5.65. The Labute approximate surface area is 157 Å². The highest BCUT2D eigenvalue weighted by Gasteiger charge is 2.47. The number of nitrogens with one attached hydrogen (secondary N) is 1. The van der Waals surface area contributed by atoms with Gasteiger partial charge in [0, 0.05) is 29.4 Å². The monoisotopic (exact) mass is 368 g/mol. The van der Waals surface area contributed by atoms with E-state index in [9.17, 15) is 4.79 Å². The van der Waals surface area contributed by atoms with Crippen LogP contribution in [-0.4, -0.2) is 52.3 Å². The smallest absolute Gasteiger partial charge is 0.410 e. The van der Waals surface area contributed by atoms with E-state index in [1.807, 2.05) is 32.5 Å². The number of hydrogen-bond acceptors (Lipinski definition) is 4. The summed E-state index contributed by atoms with van der Waals surface area (Å²) in [5.41, 5.74) is -0.398. The average molecular weight is 369 g/mol. The fourth-order valence-electron chi connectivity index (χ4n) is 4.58. The highest BCUT2D eigenvalue weighted by atomic mass is 32.2. The van der Waals surface area contributed by atoms with Crippen molar-refractivity contribution in [1.82, 2.24) is 10.2 Å². The lowest BCUT2D eigenvalue weighted by molar-refractivity contribution is -0.0330. The van der Waals surface area contributed by atoms with Gasteiger partial charge >= 0.3 is 6.09 Å². The summed E-state index contributed by atoms with van der Waals surface area (Å²) in [6.07, 6.45) is 13.0. The molecule has 1 atom stereocenters. The Morgan fingerprint density at radius 1 is 1.20 bits per heavy atom. The van der Waals surface area contributed by atoms with E-state index in [-0.39, 0.29) is 11.6 Å². The number of nitrogens with zero attached hydrogens (tertiary/aromatic N) is 1. The summed E-state index contributed by atoms with van der Waals surface area (Å²) in [5.74, 6) is 0. The summed E-state index contributed by atoms with van der Waals surface area (Å²) in [5, 5.41) is 3.85. The zero-order chi connectivity index (χ0) is 18.1. The molecule has 0 aromatic rings. The van der Waals surface area contributed by atoms with Crippen LogP contribution in [0.5, 0.6) is 0 Å². The van der Waals surface area contributed by atoms with Gasteiger partial charge in [0.25, 0.3) is 0 Å². The molecule has 1 heterocycles. The summed E-state index contributed by atoms with van der Waals surface area (Å²) < 4.78 is 6.25. The number of likely N-dealkylation sites (tertiary alicyclic amines) is 1. The van der Waals surface area contributed by atoms with Crippen molar-refractivity contribution in [2.24, 2.45) is 0 Å². The molecule has 1 N–H and O–H groups in total. The van der Waals surface area contributed by atoms with E-state index in [0.29, 0.717) is 10.8 Å². The van der Waals surface area contributed by atoms with Crippen molar-refractivity contribution >= 4 is 17.9 Å². The van der Waals surface area contributed by atoms with E-state index in [0.717, 1.165) is 38.8 Å². The van der Waals surface area contributed by atoms with E-state index >= 15 is 0 Å². The first-order chi connectivity index (χ1) is 11.8. The molecule has 3 fully saturated rings. The molecule has 0 radical (unpaired) electrons. The van der Waals surface area contributed by atoms with Crippen molar-refractivity contribution in [2.45, 2.75) is 100 Å².